The third-order valence-electron chi connectivity index (χ3n) is 7.55. The van der Waals surface area contributed by atoms with Gasteiger partial charge in [-0.15, -0.1) is 0 Å². The highest BCUT2D eigenvalue weighted by Gasteiger charge is 2.30. The number of aromatic nitrogens is 1. The molecule has 6 rings (SSSR count). The van der Waals surface area contributed by atoms with E-state index in [1.165, 1.54) is 12.1 Å². The lowest BCUT2D eigenvalue weighted by Gasteiger charge is -2.20. The second-order valence-corrected chi connectivity index (χ2v) is 10.0. The molecule has 216 valence electrons. The normalized spacial score (nSPS) is 12.0. The van der Waals surface area contributed by atoms with Crippen LogP contribution < -0.4 is 15.7 Å². The number of hydrogen-bond donors (Lipinski definition) is 3. The van der Waals surface area contributed by atoms with Gasteiger partial charge < -0.3 is 24.6 Å². The van der Waals surface area contributed by atoms with Crippen molar-refractivity contribution < 1.29 is 27.8 Å². The van der Waals surface area contributed by atoms with Crippen molar-refractivity contribution in [1.29, 1.82) is 0 Å². The van der Waals surface area contributed by atoms with Gasteiger partial charge in [-0.2, -0.15) is 0 Å². The standard InChI is InChI=1S/C34H26F2N2O5/c1-42-20-15-13-19(14-16-20)28(29-32(39)23-8-3-5-12-27(23)43-34(29)41)31-22(21-7-2-4-11-26(21)38-31)17-18-37-33(40)24-9-6-10-25(35)30(24)36/h2-16,28,38-39H,17-18H2,1H3,(H,37,40). The van der Waals surface area contributed by atoms with E-state index < -0.39 is 34.6 Å². The van der Waals surface area contributed by atoms with Crippen molar-refractivity contribution in [2.75, 3.05) is 13.7 Å². The second-order valence-electron chi connectivity index (χ2n) is 10.0. The number of ether oxygens (including phenoxy) is 1. The molecule has 4 aromatic carbocycles. The number of H-pyrrole nitrogens is 1. The van der Waals surface area contributed by atoms with Crippen LogP contribution in [0.5, 0.6) is 11.5 Å². The minimum absolute atomic E-state index is 0.0440. The summed E-state index contributed by atoms with van der Waals surface area (Å²) < 4.78 is 38.9. The van der Waals surface area contributed by atoms with Crippen molar-refractivity contribution in [3.05, 3.63) is 141 Å². The van der Waals surface area contributed by atoms with Crippen LogP contribution in [0.3, 0.4) is 0 Å². The van der Waals surface area contributed by atoms with E-state index in [0.717, 1.165) is 22.5 Å². The Hall–Kier alpha value is -5.44. The summed E-state index contributed by atoms with van der Waals surface area (Å²) in [6.45, 7) is 0.0806. The van der Waals surface area contributed by atoms with Crippen molar-refractivity contribution in [3.8, 4) is 11.5 Å². The van der Waals surface area contributed by atoms with Crippen LogP contribution in [-0.4, -0.2) is 29.7 Å². The molecule has 0 aliphatic rings. The van der Waals surface area contributed by atoms with E-state index in [1.54, 1.807) is 55.6 Å². The molecule has 0 fully saturated rings. The number of rotatable bonds is 8. The smallest absolute Gasteiger partial charge is 0.344 e. The SMILES string of the molecule is COc1ccc(C(c2[nH]c3ccccc3c2CCNC(=O)c2cccc(F)c2F)c2c(O)c3ccccc3oc2=O)cc1. The molecule has 0 bridgehead atoms. The van der Waals surface area contributed by atoms with Gasteiger partial charge in [0.1, 0.15) is 17.1 Å². The maximum absolute atomic E-state index is 14.2. The van der Waals surface area contributed by atoms with Gasteiger partial charge >= 0.3 is 5.63 Å². The molecule has 9 heteroatoms. The van der Waals surface area contributed by atoms with Crippen LogP contribution in [0.4, 0.5) is 8.78 Å². The minimum atomic E-state index is -1.22. The average molecular weight is 581 g/mol. The molecule has 0 aliphatic carbocycles. The predicted octanol–water partition coefficient (Wildman–Crippen LogP) is 6.42. The van der Waals surface area contributed by atoms with Gasteiger partial charge in [0.15, 0.2) is 11.6 Å². The first-order chi connectivity index (χ1) is 20.9. The summed E-state index contributed by atoms with van der Waals surface area (Å²) >= 11 is 0. The number of hydrogen-bond acceptors (Lipinski definition) is 5. The quantitative estimate of drug-likeness (QED) is 0.180. The molecule has 1 atom stereocenters. The Morgan fingerprint density at radius 2 is 1.67 bits per heavy atom. The Balaban J connectivity index is 1.48. The summed E-state index contributed by atoms with van der Waals surface area (Å²) in [5.74, 6) is -3.47. The van der Waals surface area contributed by atoms with E-state index >= 15 is 0 Å². The van der Waals surface area contributed by atoms with Crippen LogP contribution in [0.15, 0.2) is 100 Å². The number of carbonyl (C=O) groups excluding carboxylic acids is 1. The third kappa shape index (κ3) is 5.10. The minimum Gasteiger partial charge on any atom is -0.507 e. The predicted molar refractivity (Wildman–Crippen MR) is 159 cm³/mol. The second kappa shape index (κ2) is 11.4. The van der Waals surface area contributed by atoms with Gasteiger partial charge in [-0.25, -0.2) is 13.6 Å². The molecule has 0 aliphatic heterocycles. The molecule has 0 saturated heterocycles. The molecule has 0 spiro atoms. The maximum Gasteiger partial charge on any atom is 0.344 e. The fourth-order valence-corrected chi connectivity index (χ4v) is 5.49. The molecule has 43 heavy (non-hydrogen) atoms. The number of carbonyl (C=O) groups is 1. The lowest BCUT2D eigenvalue weighted by Crippen LogP contribution is -2.27. The molecule has 7 nitrogen and oxygen atoms in total. The fraction of sp³-hybridized carbons (Fsp3) is 0.118. The summed E-state index contributed by atoms with van der Waals surface area (Å²) in [7, 11) is 1.55. The largest absolute Gasteiger partial charge is 0.507 e. The van der Waals surface area contributed by atoms with Crippen LogP contribution in [0.2, 0.25) is 0 Å². The molecular weight excluding hydrogens is 554 g/mol. The maximum atomic E-state index is 14.2. The molecule has 3 N–H and O–H groups in total. The Labute approximate surface area is 244 Å². The number of aromatic amines is 1. The van der Waals surface area contributed by atoms with E-state index in [1.807, 2.05) is 24.3 Å². The number of amides is 1. The van der Waals surface area contributed by atoms with E-state index in [-0.39, 0.29) is 29.9 Å². The van der Waals surface area contributed by atoms with Crippen LogP contribution in [-0.2, 0) is 6.42 Å². The molecule has 2 aromatic heterocycles. The van der Waals surface area contributed by atoms with Gasteiger partial charge in [-0.05, 0) is 60.0 Å². The van der Waals surface area contributed by atoms with Gasteiger partial charge in [0.05, 0.1) is 29.5 Å². The van der Waals surface area contributed by atoms with Crippen molar-refractivity contribution in [2.24, 2.45) is 0 Å². The number of nitrogens with one attached hydrogen (secondary N) is 2. The number of para-hydroxylation sites is 2. The molecule has 1 amide bonds. The van der Waals surface area contributed by atoms with E-state index in [0.29, 0.717) is 22.4 Å². The van der Waals surface area contributed by atoms with Gasteiger partial charge in [0, 0.05) is 23.1 Å². The Kier molecular flexibility index (Phi) is 7.38. The van der Waals surface area contributed by atoms with Gasteiger partial charge in [-0.3, -0.25) is 4.79 Å². The molecule has 0 radical (unpaired) electrons. The lowest BCUT2D eigenvalue weighted by molar-refractivity contribution is 0.0949. The van der Waals surface area contributed by atoms with Gasteiger partial charge in [0.25, 0.3) is 5.91 Å². The van der Waals surface area contributed by atoms with Crippen LogP contribution >= 0.6 is 0 Å². The highest BCUT2D eigenvalue weighted by atomic mass is 19.2. The summed E-state index contributed by atoms with van der Waals surface area (Å²) in [4.78, 5) is 29.7. The third-order valence-corrected chi connectivity index (χ3v) is 7.55. The first kappa shape index (κ1) is 27.7. The van der Waals surface area contributed by atoms with Crippen LogP contribution in [0.25, 0.3) is 21.9 Å². The van der Waals surface area contributed by atoms with Crippen LogP contribution in [0.1, 0.15) is 38.7 Å². The van der Waals surface area contributed by atoms with Gasteiger partial charge in [-0.1, -0.05) is 48.5 Å². The molecule has 2 heterocycles. The molecule has 1 unspecified atom stereocenters. The van der Waals surface area contributed by atoms with E-state index in [4.69, 9.17) is 9.15 Å². The van der Waals surface area contributed by atoms with Gasteiger partial charge in [0.2, 0.25) is 0 Å². The average Bonchev–Trinajstić information content (AvgIpc) is 3.38. The van der Waals surface area contributed by atoms with Crippen molar-refractivity contribution in [2.45, 2.75) is 12.3 Å². The van der Waals surface area contributed by atoms with Crippen LogP contribution in [0, 0.1) is 11.6 Å². The first-order valence-corrected chi connectivity index (χ1v) is 13.6. The zero-order valence-corrected chi connectivity index (χ0v) is 23.0. The van der Waals surface area contributed by atoms with Crippen molar-refractivity contribution >= 4 is 27.8 Å². The summed E-state index contributed by atoms with van der Waals surface area (Å²) in [6, 6.07) is 24.8. The number of aromatic hydroxyl groups is 1. The highest BCUT2D eigenvalue weighted by molar-refractivity contribution is 5.94. The summed E-state index contributed by atoms with van der Waals surface area (Å²) in [5, 5.41) is 15.4. The molecule has 0 saturated carbocycles. The van der Waals surface area contributed by atoms with E-state index in [9.17, 15) is 23.5 Å². The highest BCUT2D eigenvalue weighted by Crippen LogP contribution is 2.41. The Morgan fingerprint density at radius 1 is 0.953 bits per heavy atom. The lowest BCUT2D eigenvalue weighted by atomic mass is 9.85. The molecule has 6 aromatic rings. The monoisotopic (exact) mass is 580 g/mol. The number of methoxy groups -OCH3 is 1. The fourth-order valence-electron chi connectivity index (χ4n) is 5.49. The Bertz CT molecular complexity index is 2030. The number of halogens is 2. The van der Waals surface area contributed by atoms with Crippen molar-refractivity contribution in [1.82, 2.24) is 10.3 Å². The van der Waals surface area contributed by atoms with E-state index in [2.05, 4.69) is 10.3 Å². The topological polar surface area (TPSA) is 105 Å². The first-order valence-electron chi connectivity index (χ1n) is 13.6. The number of fused-ring (bicyclic) bond motifs is 2. The zero-order chi connectivity index (χ0) is 30.1. The zero-order valence-electron chi connectivity index (χ0n) is 23.0. The summed E-state index contributed by atoms with van der Waals surface area (Å²) in [5.41, 5.74) is 2.04. The summed E-state index contributed by atoms with van der Waals surface area (Å²) in [6.07, 6.45) is 0.272. The van der Waals surface area contributed by atoms with Crippen molar-refractivity contribution in [3.63, 3.8) is 0 Å². The number of benzene rings is 4. The molecular formula is C34H26F2N2O5. The Morgan fingerprint density at radius 3 is 2.44 bits per heavy atom.